The summed E-state index contributed by atoms with van der Waals surface area (Å²) >= 11 is 0. The molecule has 0 spiro atoms. The Morgan fingerprint density at radius 1 is 1.48 bits per heavy atom. The van der Waals surface area contributed by atoms with Crippen LogP contribution in [0.15, 0.2) is 28.8 Å². The van der Waals surface area contributed by atoms with Crippen LogP contribution in [0.5, 0.6) is 0 Å². The van der Waals surface area contributed by atoms with Crippen molar-refractivity contribution < 1.29 is 14.1 Å². The Morgan fingerprint density at radius 3 is 2.95 bits per heavy atom. The Balaban J connectivity index is 2.23. The molecule has 2 atom stereocenters. The lowest BCUT2D eigenvalue weighted by molar-refractivity contribution is -0.148. The number of nitrogens with zero attached hydrogens (tertiary/aromatic N) is 2. The van der Waals surface area contributed by atoms with Crippen molar-refractivity contribution in [2.24, 2.45) is 5.92 Å². The summed E-state index contributed by atoms with van der Waals surface area (Å²) in [4.78, 5) is 11.4. The first-order valence-electron chi connectivity index (χ1n) is 6.73. The molecule has 1 heterocycles. The van der Waals surface area contributed by atoms with Crippen LogP contribution in [0.2, 0.25) is 0 Å². The molecule has 0 fully saturated rings. The van der Waals surface area contributed by atoms with Crippen molar-refractivity contribution in [2.45, 2.75) is 26.4 Å². The molecule has 0 amide bonds. The van der Waals surface area contributed by atoms with Gasteiger partial charge in [-0.15, -0.1) is 0 Å². The highest BCUT2D eigenvalue weighted by Crippen LogP contribution is 2.42. The van der Waals surface area contributed by atoms with Crippen molar-refractivity contribution in [3.05, 3.63) is 41.2 Å². The maximum Gasteiger partial charge on any atom is 0.303 e. The number of rotatable bonds is 1. The molecule has 21 heavy (non-hydrogen) atoms. The van der Waals surface area contributed by atoms with E-state index in [1.807, 2.05) is 24.3 Å². The molecule has 1 aliphatic rings. The number of hydrogen-bond donors (Lipinski definition) is 0. The first-order valence-corrected chi connectivity index (χ1v) is 6.73. The summed E-state index contributed by atoms with van der Waals surface area (Å²) in [6, 6.07) is 10.00. The molecule has 0 aliphatic heterocycles. The fourth-order valence-corrected chi connectivity index (χ4v) is 2.82. The van der Waals surface area contributed by atoms with Gasteiger partial charge in [0.2, 0.25) is 0 Å². The third-order valence-corrected chi connectivity index (χ3v) is 3.73. The zero-order chi connectivity index (χ0) is 15.0. The normalized spacial score (nSPS) is 19.9. The summed E-state index contributed by atoms with van der Waals surface area (Å²) in [5, 5.41) is 13.6. The predicted octanol–water partition coefficient (Wildman–Crippen LogP) is 2.95. The van der Waals surface area contributed by atoms with Crippen LogP contribution in [0.25, 0.3) is 11.3 Å². The van der Waals surface area contributed by atoms with Gasteiger partial charge < -0.3 is 9.26 Å². The highest BCUT2D eigenvalue weighted by Gasteiger charge is 2.36. The van der Waals surface area contributed by atoms with E-state index in [9.17, 15) is 10.1 Å². The van der Waals surface area contributed by atoms with E-state index in [2.05, 4.69) is 11.2 Å². The summed E-state index contributed by atoms with van der Waals surface area (Å²) in [6.45, 7) is 3.11. The van der Waals surface area contributed by atoms with Crippen molar-refractivity contribution in [3.8, 4) is 17.3 Å². The van der Waals surface area contributed by atoms with E-state index in [-0.39, 0.29) is 0 Å². The van der Waals surface area contributed by atoms with Gasteiger partial charge in [0.15, 0.2) is 0 Å². The first kappa shape index (κ1) is 13.4. The Bertz CT molecular complexity index is 742. The molecule has 2 aromatic rings. The molecule has 3 rings (SSSR count). The summed E-state index contributed by atoms with van der Waals surface area (Å²) in [7, 11) is 0. The van der Waals surface area contributed by atoms with Crippen LogP contribution in [0.4, 0.5) is 0 Å². The van der Waals surface area contributed by atoms with Gasteiger partial charge in [0.05, 0.1) is 17.6 Å². The van der Waals surface area contributed by atoms with Crippen LogP contribution in [0.3, 0.4) is 0 Å². The standard InChI is InChI=1S/C16H14N2O3/c1-9-14-15(18-21-9)13-6-4-3-5-11(13)7-12(8-17)16(14)20-10(2)19/h3-6,12,16H,7H2,1-2H3. The largest absolute Gasteiger partial charge is 0.456 e. The molecular formula is C16H14N2O3. The van der Waals surface area contributed by atoms with Crippen LogP contribution >= 0.6 is 0 Å². The third kappa shape index (κ3) is 2.19. The quantitative estimate of drug-likeness (QED) is 0.751. The number of esters is 1. The van der Waals surface area contributed by atoms with Crippen molar-refractivity contribution in [1.29, 1.82) is 5.26 Å². The van der Waals surface area contributed by atoms with Gasteiger partial charge in [0, 0.05) is 12.5 Å². The summed E-state index contributed by atoms with van der Waals surface area (Å²) in [6.07, 6.45) is -0.137. The summed E-state index contributed by atoms with van der Waals surface area (Å²) in [5.41, 5.74) is 3.29. The fourth-order valence-electron chi connectivity index (χ4n) is 2.82. The maximum absolute atomic E-state index is 11.4. The second-order valence-electron chi connectivity index (χ2n) is 5.13. The average Bonchev–Trinajstić information content (AvgIpc) is 2.78. The van der Waals surface area contributed by atoms with E-state index in [0.29, 0.717) is 23.4 Å². The lowest BCUT2D eigenvalue weighted by Gasteiger charge is -2.19. The minimum atomic E-state index is -0.652. The smallest absolute Gasteiger partial charge is 0.303 e. The second-order valence-corrected chi connectivity index (χ2v) is 5.13. The molecule has 5 heteroatoms. The minimum Gasteiger partial charge on any atom is -0.456 e. The average molecular weight is 282 g/mol. The molecule has 106 valence electrons. The zero-order valence-electron chi connectivity index (χ0n) is 11.8. The van der Waals surface area contributed by atoms with Crippen LogP contribution in [-0.2, 0) is 16.0 Å². The molecule has 1 aliphatic carbocycles. The number of benzene rings is 1. The molecule has 2 unspecified atom stereocenters. The highest BCUT2D eigenvalue weighted by molar-refractivity contribution is 5.71. The van der Waals surface area contributed by atoms with Gasteiger partial charge >= 0.3 is 5.97 Å². The van der Waals surface area contributed by atoms with Crippen molar-refractivity contribution in [1.82, 2.24) is 5.16 Å². The SMILES string of the molecule is CC(=O)OC1c2c(noc2C)-c2ccccc2CC1C#N. The molecule has 0 radical (unpaired) electrons. The van der Waals surface area contributed by atoms with Gasteiger partial charge in [0.25, 0.3) is 0 Å². The Labute approximate surface area is 122 Å². The van der Waals surface area contributed by atoms with E-state index in [1.54, 1.807) is 6.92 Å². The summed E-state index contributed by atoms with van der Waals surface area (Å²) in [5.74, 6) is -0.305. The number of carbonyl (C=O) groups is 1. The van der Waals surface area contributed by atoms with E-state index in [0.717, 1.165) is 11.1 Å². The Kier molecular flexibility index (Phi) is 3.22. The van der Waals surface area contributed by atoms with Gasteiger partial charge in [0.1, 0.15) is 17.6 Å². The lowest BCUT2D eigenvalue weighted by atomic mass is 9.93. The number of aromatic nitrogens is 1. The second kappa shape index (κ2) is 5.06. The molecule has 0 saturated carbocycles. The van der Waals surface area contributed by atoms with Crippen molar-refractivity contribution >= 4 is 5.97 Å². The van der Waals surface area contributed by atoms with Crippen molar-refractivity contribution in [3.63, 3.8) is 0 Å². The first-order chi connectivity index (χ1) is 10.1. The number of aryl methyl sites for hydroxylation is 1. The molecule has 0 bridgehead atoms. The third-order valence-electron chi connectivity index (χ3n) is 3.73. The molecule has 1 aromatic heterocycles. The zero-order valence-corrected chi connectivity index (χ0v) is 11.8. The van der Waals surface area contributed by atoms with Crippen LogP contribution in [-0.4, -0.2) is 11.1 Å². The topological polar surface area (TPSA) is 76.1 Å². The fraction of sp³-hybridized carbons (Fsp3) is 0.312. The predicted molar refractivity (Wildman–Crippen MR) is 74.0 cm³/mol. The monoisotopic (exact) mass is 282 g/mol. The highest BCUT2D eigenvalue weighted by atomic mass is 16.5. The maximum atomic E-state index is 11.4. The Hall–Kier alpha value is -2.61. The van der Waals surface area contributed by atoms with Crippen molar-refractivity contribution in [2.75, 3.05) is 0 Å². The number of fused-ring (bicyclic) bond motifs is 3. The van der Waals surface area contributed by atoms with Crippen LogP contribution in [0.1, 0.15) is 29.9 Å². The molecule has 0 saturated heterocycles. The van der Waals surface area contributed by atoms with E-state index >= 15 is 0 Å². The van der Waals surface area contributed by atoms with E-state index in [1.165, 1.54) is 6.92 Å². The van der Waals surface area contributed by atoms with Gasteiger partial charge in [-0.1, -0.05) is 29.4 Å². The Morgan fingerprint density at radius 2 is 2.24 bits per heavy atom. The van der Waals surface area contributed by atoms with E-state index < -0.39 is 18.0 Å². The number of hydrogen-bond acceptors (Lipinski definition) is 5. The lowest BCUT2D eigenvalue weighted by Crippen LogP contribution is -2.19. The van der Waals surface area contributed by atoms with Crippen LogP contribution in [0, 0.1) is 24.2 Å². The van der Waals surface area contributed by atoms with Gasteiger partial charge in [-0.2, -0.15) is 5.26 Å². The molecule has 5 nitrogen and oxygen atoms in total. The number of ether oxygens (including phenoxy) is 1. The molecular weight excluding hydrogens is 268 g/mol. The van der Waals surface area contributed by atoms with Gasteiger partial charge in [-0.25, -0.2) is 0 Å². The van der Waals surface area contributed by atoms with Gasteiger partial charge in [-0.05, 0) is 18.9 Å². The molecule has 1 aromatic carbocycles. The van der Waals surface area contributed by atoms with E-state index in [4.69, 9.17) is 9.26 Å². The molecule has 0 N–H and O–H groups in total. The number of nitriles is 1. The van der Waals surface area contributed by atoms with Crippen LogP contribution < -0.4 is 0 Å². The number of carbonyl (C=O) groups excluding carboxylic acids is 1. The summed E-state index contributed by atoms with van der Waals surface area (Å²) < 4.78 is 10.7. The van der Waals surface area contributed by atoms with Gasteiger partial charge in [-0.3, -0.25) is 4.79 Å². The minimum absolute atomic E-state index is 0.419.